The van der Waals surface area contributed by atoms with E-state index in [2.05, 4.69) is 43.4 Å². The van der Waals surface area contributed by atoms with Gasteiger partial charge in [0.2, 0.25) is 5.95 Å². The highest BCUT2D eigenvalue weighted by atomic mass is 79.9. The van der Waals surface area contributed by atoms with Crippen molar-refractivity contribution in [2.24, 2.45) is 0 Å². The van der Waals surface area contributed by atoms with E-state index in [1.54, 1.807) is 17.9 Å². The molecule has 3 aromatic rings. The maximum Gasteiger partial charge on any atom is 0.243 e. The van der Waals surface area contributed by atoms with Gasteiger partial charge in [-0.15, -0.1) is 6.58 Å². The van der Waals surface area contributed by atoms with Crippen molar-refractivity contribution in [2.75, 3.05) is 12.4 Å². The molecule has 7 nitrogen and oxygen atoms in total. The first-order valence-electron chi connectivity index (χ1n) is 8.45. The first kappa shape index (κ1) is 20.2. The van der Waals surface area contributed by atoms with Gasteiger partial charge in [0, 0.05) is 11.6 Å². The molecule has 1 heterocycles. The lowest BCUT2D eigenvalue weighted by atomic mass is 10.2. The third-order valence-electron chi connectivity index (χ3n) is 3.85. The van der Waals surface area contributed by atoms with Crippen LogP contribution >= 0.6 is 27.5 Å². The van der Waals surface area contributed by atoms with Gasteiger partial charge in [0.25, 0.3) is 0 Å². The second kappa shape index (κ2) is 9.57. The number of halogens is 2. The molecule has 0 unspecified atom stereocenters. The number of ether oxygens (including phenoxy) is 2. The predicted molar refractivity (Wildman–Crippen MR) is 112 cm³/mol. The second-order valence-corrected chi connectivity index (χ2v) is 7.15. The van der Waals surface area contributed by atoms with Gasteiger partial charge < -0.3 is 14.8 Å². The number of tetrazole rings is 1. The normalized spacial score (nSPS) is 10.5. The summed E-state index contributed by atoms with van der Waals surface area (Å²) < 4.78 is 13.9. The topological polar surface area (TPSA) is 74.1 Å². The number of hydrogen-bond donors (Lipinski definition) is 1. The fourth-order valence-corrected chi connectivity index (χ4v) is 3.37. The van der Waals surface area contributed by atoms with E-state index in [0.717, 1.165) is 15.6 Å². The van der Waals surface area contributed by atoms with Crippen LogP contribution in [0.5, 0.6) is 11.5 Å². The number of nitrogens with one attached hydrogen (secondary N) is 1. The van der Waals surface area contributed by atoms with Crippen molar-refractivity contribution in [3.63, 3.8) is 0 Å². The van der Waals surface area contributed by atoms with Gasteiger partial charge in [0.15, 0.2) is 11.5 Å². The molecule has 0 saturated heterocycles. The first-order valence-corrected chi connectivity index (χ1v) is 9.62. The summed E-state index contributed by atoms with van der Waals surface area (Å²) in [7, 11) is 1.61. The minimum absolute atomic E-state index is 0.378. The maximum absolute atomic E-state index is 6.03. The van der Waals surface area contributed by atoms with Gasteiger partial charge in [0.1, 0.15) is 6.61 Å². The number of methoxy groups -OCH3 is 1. The van der Waals surface area contributed by atoms with E-state index in [9.17, 15) is 0 Å². The van der Waals surface area contributed by atoms with E-state index in [4.69, 9.17) is 21.1 Å². The SMILES string of the molecule is C=CCn1nnnc1NCc1cc(Br)c(OCc2cccc(Cl)c2)c(OC)c1. The molecule has 2 aromatic carbocycles. The first-order chi connectivity index (χ1) is 13.6. The summed E-state index contributed by atoms with van der Waals surface area (Å²) in [6.07, 6.45) is 1.73. The molecule has 0 atom stereocenters. The molecule has 1 aromatic heterocycles. The summed E-state index contributed by atoms with van der Waals surface area (Å²) in [5, 5.41) is 15.4. The number of aromatic nitrogens is 4. The molecule has 146 valence electrons. The van der Waals surface area contributed by atoms with Crippen LogP contribution in [0.15, 0.2) is 53.5 Å². The van der Waals surface area contributed by atoms with Gasteiger partial charge in [-0.1, -0.05) is 34.9 Å². The minimum atomic E-state index is 0.378. The van der Waals surface area contributed by atoms with Crippen LogP contribution in [0.3, 0.4) is 0 Å². The molecule has 0 saturated carbocycles. The number of allylic oxidation sites excluding steroid dienone is 1. The quantitative estimate of drug-likeness (QED) is 0.471. The van der Waals surface area contributed by atoms with Gasteiger partial charge >= 0.3 is 0 Å². The summed E-state index contributed by atoms with van der Waals surface area (Å²) in [5.74, 6) is 1.82. The highest BCUT2D eigenvalue weighted by Crippen LogP contribution is 2.37. The molecule has 0 radical (unpaired) electrons. The lowest BCUT2D eigenvalue weighted by Gasteiger charge is -2.15. The van der Waals surface area contributed by atoms with Crippen molar-refractivity contribution >= 4 is 33.5 Å². The van der Waals surface area contributed by atoms with Crippen molar-refractivity contribution < 1.29 is 9.47 Å². The van der Waals surface area contributed by atoms with Crippen LogP contribution in [0, 0.1) is 0 Å². The molecule has 0 bridgehead atoms. The zero-order valence-corrected chi connectivity index (χ0v) is 17.6. The van der Waals surface area contributed by atoms with Crippen LogP contribution in [-0.2, 0) is 19.7 Å². The van der Waals surface area contributed by atoms with Crippen LogP contribution in [0.2, 0.25) is 5.02 Å². The van der Waals surface area contributed by atoms with Gasteiger partial charge in [0.05, 0.1) is 18.1 Å². The number of rotatable bonds is 9. The number of benzene rings is 2. The largest absolute Gasteiger partial charge is 0.493 e. The lowest BCUT2D eigenvalue weighted by molar-refractivity contribution is 0.282. The van der Waals surface area contributed by atoms with Crippen molar-refractivity contribution in [1.29, 1.82) is 0 Å². The summed E-state index contributed by atoms with van der Waals surface area (Å²) in [4.78, 5) is 0. The smallest absolute Gasteiger partial charge is 0.243 e. The molecule has 0 spiro atoms. The van der Waals surface area contributed by atoms with E-state index < -0.39 is 0 Å². The third kappa shape index (κ3) is 5.02. The zero-order valence-electron chi connectivity index (χ0n) is 15.2. The monoisotopic (exact) mass is 463 g/mol. The summed E-state index contributed by atoms with van der Waals surface area (Å²) in [6.45, 7) is 5.11. The van der Waals surface area contributed by atoms with Crippen LogP contribution < -0.4 is 14.8 Å². The summed E-state index contributed by atoms with van der Waals surface area (Å²) >= 11 is 9.59. The third-order valence-corrected chi connectivity index (χ3v) is 4.67. The average Bonchev–Trinajstić information content (AvgIpc) is 3.12. The van der Waals surface area contributed by atoms with Crippen molar-refractivity contribution in [3.8, 4) is 11.5 Å². The van der Waals surface area contributed by atoms with Crippen molar-refractivity contribution in [2.45, 2.75) is 19.7 Å². The summed E-state index contributed by atoms with van der Waals surface area (Å²) in [6, 6.07) is 11.4. The fourth-order valence-electron chi connectivity index (χ4n) is 2.56. The van der Waals surface area contributed by atoms with Gasteiger partial charge in [-0.2, -0.15) is 0 Å². The molecular weight excluding hydrogens is 446 g/mol. The Kier molecular flexibility index (Phi) is 6.89. The molecule has 9 heteroatoms. The molecule has 0 fully saturated rings. The Morgan fingerprint density at radius 1 is 1.29 bits per heavy atom. The highest BCUT2D eigenvalue weighted by Gasteiger charge is 2.13. The Morgan fingerprint density at radius 2 is 2.14 bits per heavy atom. The highest BCUT2D eigenvalue weighted by molar-refractivity contribution is 9.10. The molecule has 0 aliphatic rings. The van der Waals surface area contributed by atoms with Crippen molar-refractivity contribution in [3.05, 3.63) is 69.7 Å². The Balaban J connectivity index is 1.71. The lowest BCUT2D eigenvalue weighted by Crippen LogP contribution is -2.08. The Labute approximate surface area is 176 Å². The minimum Gasteiger partial charge on any atom is -0.493 e. The second-order valence-electron chi connectivity index (χ2n) is 5.85. The van der Waals surface area contributed by atoms with Gasteiger partial charge in [-0.05, 0) is 61.7 Å². The maximum atomic E-state index is 6.03. The number of nitrogens with zero attached hydrogens (tertiary/aromatic N) is 4. The molecule has 0 aliphatic heterocycles. The molecule has 0 aliphatic carbocycles. The van der Waals surface area contributed by atoms with Crippen LogP contribution in [0.25, 0.3) is 0 Å². The number of hydrogen-bond acceptors (Lipinski definition) is 6. The number of anilines is 1. The Hall–Kier alpha value is -2.58. The Bertz CT molecular complexity index is 963. The van der Waals surface area contributed by atoms with E-state index in [0.29, 0.717) is 42.2 Å². The fraction of sp³-hybridized carbons (Fsp3) is 0.211. The van der Waals surface area contributed by atoms with Crippen LogP contribution in [0.4, 0.5) is 5.95 Å². The molecule has 1 N–H and O–H groups in total. The van der Waals surface area contributed by atoms with E-state index in [1.165, 1.54) is 0 Å². The molecule has 28 heavy (non-hydrogen) atoms. The van der Waals surface area contributed by atoms with Crippen LogP contribution in [-0.4, -0.2) is 27.3 Å². The molecule has 3 rings (SSSR count). The van der Waals surface area contributed by atoms with Gasteiger partial charge in [-0.25, -0.2) is 4.68 Å². The molecule has 0 amide bonds. The Morgan fingerprint density at radius 3 is 2.89 bits per heavy atom. The van der Waals surface area contributed by atoms with E-state index >= 15 is 0 Å². The van der Waals surface area contributed by atoms with Crippen LogP contribution in [0.1, 0.15) is 11.1 Å². The van der Waals surface area contributed by atoms with Crippen molar-refractivity contribution in [1.82, 2.24) is 20.2 Å². The summed E-state index contributed by atoms with van der Waals surface area (Å²) in [5.41, 5.74) is 1.95. The standard InChI is InChI=1S/C19H19BrClN5O2/c1-3-7-26-19(23-24-25-26)22-11-14-9-16(20)18(17(10-14)27-2)28-12-13-5-4-6-15(21)8-13/h3-6,8-10H,1,7,11-12H2,2H3,(H,22,23,25). The van der Waals surface area contributed by atoms with E-state index in [-0.39, 0.29) is 0 Å². The zero-order chi connectivity index (χ0) is 19.9. The molecular formula is C19H19BrClN5O2. The predicted octanol–water partition coefficient (Wildman–Crippen LogP) is 4.47. The van der Waals surface area contributed by atoms with Gasteiger partial charge in [-0.3, -0.25) is 0 Å². The van der Waals surface area contributed by atoms with E-state index in [1.807, 2.05) is 36.4 Å². The average molecular weight is 465 g/mol.